The Morgan fingerprint density at radius 3 is 2.78 bits per heavy atom. The van der Waals surface area contributed by atoms with Crippen LogP contribution >= 0.6 is 11.6 Å². The molecule has 2 aromatic heterocycles. The first kappa shape index (κ1) is 25.0. The van der Waals surface area contributed by atoms with Crippen LogP contribution in [0.25, 0.3) is 11.1 Å². The standard InChI is InChI=1S/C24H20ClF4N5O3/c25-16-10-18(17(26)9-15(16)12-1-4-21(30-11-12)37-6-5-24(27,28)29)31-23(36)34-14-2-3-19(34)22-13(7-14)8-20(35)32-33-22/h1,4,8-11,14,19H,2-3,5-7H2,(H,31,36)(H,32,35)/t14?,19-/m1/s1. The number of hydrogen-bond donors (Lipinski definition) is 2. The Morgan fingerprint density at radius 1 is 1.24 bits per heavy atom. The third-order valence-corrected chi connectivity index (χ3v) is 6.72. The van der Waals surface area contributed by atoms with E-state index in [9.17, 15) is 27.2 Å². The van der Waals surface area contributed by atoms with Crippen LogP contribution in [0.4, 0.5) is 28.0 Å². The average Bonchev–Trinajstić information content (AvgIpc) is 3.15. The van der Waals surface area contributed by atoms with Gasteiger partial charge in [0, 0.05) is 35.5 Å². The van der Waals surface area contributed by atoms with Gasteiger partial charge in [0.15, 0.2) is 0 Å². The van der Waals surface area contributed by atoms with Crippen LogP contribution in [0.2, 0.25) is 5.02 Å². The van der Waals surface area contributed by atoms with Crippen LogP contribution in [-0.4, -0.2) is 44.9 Å². The Kier molecular flexibility index (Phi) is 6.52. The molecule has 1 saturated heterocycles. The van der Waals surface area contributed by atoms with Crippen LogP contribution in [0, 0.1) is 5.82 Å². The van der Waals surface area contributed by atoms with Crippen LogP contribution < -0.4 is 15.6 Å². The van der Waals surface area contributed by atoms with E-state index in [4.69, 9.17) is 16.3 Å². The van der Waals surface area contributed by atoms with Gasteiger partial charge in [0.25, 0.3) is 5.56 Å². The lowest BCUT2D eigenvalue weighted by molar-refractivity contribution is -0.139. The average molecular weight is 538 g/mol. The fraction of sp³-hybridized carbons (Fsp3) is 0.333. The SMILES string of the molecule is O=C(Nc1cc(Cl)c(-c2ccc(OCCC(F)(F)F)nc2)cc1F)N1C2CC[C@@H]1c1n[nH]c(=O)cc1C2. The van der Waals surface area contributed by atoms with E-state index in [0.29, 0.717) is 24.1 Å². The summed E-state index contributed by atoms with van der Waals surface area (Å²) in [6, 6.07) is 5.82. The van der Waals surface area contributed by atoms with E-state index in [0.717, 1.165) is 18.1 Å². The van der Waals surface area contributed by atoms with Gasteiger partial charge in [-0.1, -0.05) is 11.6 Å². The number of aromatic nitrogens is 3. The van der Waals surface area contributed by atoms with Gasteiger partial charge in [-0.3, -0.25) is 4.79 Å². The lowest BCUT2D eigenvalue weighted by Crippen LogP contribution is -2.45. The van der Waals surface area contributed by atoms with Gasteiger partial charge in [0.1, 0.15) is 5.82 Å². The molecule has 2 N–H and O–H groups in total. The monoisotopic (exact) mass is 537 g/mol. The first-order valence-electron chi connectivity index (χ1n) is 11.4. The number of halogens is 5. The molecule has 4 heterocycles. The molecule has 194 valence electrons. The third-order valence-electron chi connectivity index (χ3n) is 6.41. The number of aromatic amines is 1. The first-order chi connectivity index (χ1) is 17.6. The van der Waals surface area contributed by atoms with Crippen LogP contribution in [0.15, 0.2) is 41.3 Å². The number of nitrogens with zero attached hydrogens (tertiary/aromatic N) is 3. The molecule has 2 amide bonds. The zero-order valence-corrected chi connectivity index (χ0v) is 19.9. The van der Waals surface area contributed by atoms with Crippen LogP contribution in [0.1, 0.15) is 36.6 Å². The summed E-state index contributed by atoms with van der Waals surface area (Å²) in [7, 11) is 0. The van der Waals surface area contributed by atoms with Crippen molar-refractivity contribution in [1.29, 1.82) is 0 Å². The molecule has 2 atom stereocenters. The molecule has 37 heavy (non-hydrogen) atoms. The molecular weight excluding hydrogens is 518 g/mol. The number of hydrogen-bond acceptors (Lipinski definition) is 5. The second-order valence-corrected chi connectivity index (χ2v) is 9.25. The molecule has 0 aliphatic carbocycles. The Morgan fingerprint density at radius 2 is 2.05 bits per heavy atom. The van der Waals surface area contributed by atoms with E-state index >= 15 is 0 Å². The number of pyridine rings is 1. The van der Waals surface area contributed by atoms with E-state index in [2.05, 4.69) is 20.5 Å². The molecule has 1 aromatic carbocycles. The van der Waals surface area contributed by atoms with Crippen molar-refractivity contribution in [2.75, 3.05) is 11.9 Å². The summed E-state index contributed by atoms with van der Waals surface area (Å²) in [4.78, 5) is 30.3. The third kappa shape index (κ3) is 5.24. The summed E-state index contributed by atoms with van der Waals surface area (Å²) in [6.45, 7) is -0.571. The smallest absolute Gasteiger partial charge is 0.392 e. The maximum absolute atomic E-state index is 15.0. The van der Waals surface area contributed by atoms with Crippen molar-refractivity contribution < 1.29 is 27.1 Å². The van der Waals surface area contributed by atoms with Crippen molar-refractivity contribution in [3.05, 3.63) is 69.0 Å². The molecule has 13 heteroatoms. The van der Waals surface area contributed by atoms with Crippen molar-refractivity contribution in [1.82, 2.24) is 20.1 Å². The summed E-state index contributed by atoms with van der Waals surface area (Å²) in [5.74, 6) is -0.741. The highest BCUT2D eigenvalue weighted by molar-refractivity contribution is 6.33. The number of alkyl halides is 3. The van der Waals surface area contributed by atoms with Crippen LogP contribution in [0.3, 0.4) is 0 Å². The van der Waals surface area contributed by atoms with E-state index < -0.39 is 31.1 Å². The minimum absolute atomic E-state index is 0.00946. The van der Waals surface area contributed by atoms with Gasteiger partial charge in [0.05, 0.1) is 35.5 Å². The largest absolute Gasteiger partial charge is 0.477 e. The summed E-state index contributed by atoms with van der Waals surface area (Å²) in [5.41, 5.74) is 1.73. The van der Waals surface area contributed by atoms with Crippen LogP contribution in [0.5, 0.6) is 5.88 Å². The summed E-state index contributed by atoms with van der Waals surface area (Å²) < 4.78 is 56.8. The molecule has 0 saturated carbocycles. The number of ether oxygens (including phenoxy) is 1. The number of fused-ring (bicyclic) bond motifs is 4. The molecule has 1 fully saturated rings. The number of carbonyl (C=O) groups excluding carboxylic acids is 1. The predicted molar refractivity (Wildman–Crippen MR) is 126 cm³/mol. The number of benzene rings is 1. The molecule has 1 unspecified atom stereocenters. The van der Waals surface area contributed by atoms with Crippen molar-refractivity contribution in [3.63, 3.8) is 0 Å². The molecule has 2 bridgehead atoms. The minimum Gasteiger partial charge on any atom is -0.477 e. The summed E-state index contributed by atoms with van der Waals surface area (Å²) >= 11 is 6.37. The van der Waals surface area contributed by atoms with Crippen LogP contribution in [-0.2, 0) is 6.42 Å². The van der Waals surface area contributed by atoms with Gasteiger partial charge in [-0.25, -0.2) is 19.3 Å². The lowest BCUT2D eigenvalue weighted by Gasteiger charge is -2.35. The fourth-order valence-corrected chi connectivity index (χ4v) is 5.03. The molecule has 0 spiro atoms. The summed E-state index contributed by atoms with van der Waals surface area (Å²) in [6.07, 6.45) is -2.24. The highest BCUT2D eigenvalue weighted by Crippen LogP contribution is 2.42. The number of nitrogens with one attached hydrogen (secondary N) is 2. The summed E-state index contributed by atoms with van der Waals surface area (Å²) in [5, 5.41) is 9.26. The molecule has 2 aliphatic heterocycles. The van der Waals surface area contributed by atoms with E-state index in [-0.39, 0.29) is 39.8 Å². The predicted octanol–water partition coefficient (Wildman–Crippen LogP) is 5.25. The molecule has 0 radical (unpaired) electrons. The molecule has 3 aromatic rings. The molecular formula is C24H20ClF4N5O3. The number of rotatable bonds is 5. The minimum atomic E-state index is -4.34. The fourth-order valence-electron chi connectivity index (χ4n) is 4.76. The Bertz CT molecular complexity index is 1400. The number of anilines is 1. The van der Waals surface area contributed by atoms with Gasteiger partial charge in [-0.15, -0.1) is 0 Å². The van der Waals surface area contributed by atoms with Gasteiger partial charge >= 0.3 is 12.2 Å². The highest BCUT2D eigenvalue weighted by atomic mass is 35.5. The van der Waals surface area contributed by atoms with Gasteiger partial charge < -0.3 is 15.0 Å². The Labute approximate surface area is 212 Å². The molecule has 8 nitrogen and oxygen atoms in total. The second kappa shape index (κ2) is 9.66. The zero-order valence-electron chi connectivity index (χ0n) is 19.1. The molecule has 2 aliphatic rings. The van der Waals surface area contributed by atoms with Gasteiger partial charge in [0.2, 0.25) is 5.88 Å². The number of H-pyrrole nitrogens is 1. The molecule has 5 rings (SSSR count). The number of carbonyl (C=O) groups is 1. The maximum Gasteiger partial charge on any atom is 0.392 e. The first-order valence-corrected chi connectivity index (χ1v) is 11.8. The zero-order chi connectivity index (χ0) is 26.3. The highest BCUT2D eigenvalue weighted by Gasteiger charge is 2.44. The van der Waals surface area contributed by atoms with Crippen molar-refractivity contribution in [2.24, 2.45) is 0 Å². The second-order valence-electron chi connectivity index (χ2n) is 8.84. The number of amides is 2. The lowest BCUT2D eigenvalue weighted by atomic mass is 9.99. The Hall–Kier alpha value is -3.67. The quantitative estimate of drug-likeness (QED) is 0.433. The van der Waals surface area contributed by atoms with E-state index in [1.165, 1.54) is 30.5 Å². The Balaban J connectivity index is 1.29. The number of urea groups is 1. The maximum atomic E-state index is 15.0. The van der Waals surface area contributed by atoms with Crippen molar-refractivity contribution >= 4 is 23.3 Å². The van der Waals surface area contributed by atoms with E-state index in [1.54, 1.807) is 4.90 Å². The van der Waals surface area contributed by atoms with Crippen molar-refractivity contribution in [2.45, 2.75) is 43.9 Å². The topological polar surface area (TPSA) is 100 Å². The van der Waals surface area contributed by atoms with Gasteiger partial charge in [-0.05, 0) is 43.0 Å². The van der Waals surface area contributed by atoms with Gasteiger partial charge in [-0.2, -0.15) is 18.3 Å². The van der Waals surface area contributed by atoms with E-state index in [1.807, 2.05) is 0 Å². The van der Waals surface area contributed by atoms with Crippen molar-refractivity contribution in [3.8, 4) is 17.0 Å². The normalized spacial score (nSPS) is 18.5.